The van der Waals surface area contributed by atoms with Crippen molar-refractivity contribution in [3.63, 3.8) is 0 Å². The molecule has 0 bridgehead atoms. The molecule has 1 aliphatic heterocycles. The van der Waals surface area contributed by atoms with Crippen molar-refractivity contribution in [1.82, 2.24) is 4.90 Å². The van der Waals surface area contributed by atoms with Gasteiger partial charge in [-0.25, -0.2) is 0 Å². The third-order valence-corrected chi connectivity index (χ3v) is 3.45. The van der Waals surface area contributed by atoms with Crippen molar-refractivity contribution in [2.75, 3.05) is 13.1 Å². The van der Waals surface area contributed by atoms with Crippen LogP contribution in [0.4, 0.5) is 13.2 Å². The Hall–Kier alpha value is -0.290. The third-order valence-electron chi connectivity index (χ3n) is 3.45. The molecule has 1 fully saturated rings. The molecule has 0 saturated carbocycles. The van der Waals surface area contributed by atoms with Crippen LogP contribution in [-0.4, -0.2) is 36.2 Å². The van der Waals surface area contributed by atoms with Gasteiger partial charge in [-0.3, -0.25) is 4.90 Å². The minimum Gasteiger partial charge on any atom is -0.326 e. The molecule has 0 radical (unpaired) electrons. The SMILES string of the molecule is CCC1CCN(C(C(C)N)C(F)(F)F)CC1. The van der Waals surface area contributed by atoms with Crippen LogP contribution in [0.1, 0.15) is 33.1 Å². The first-order chi connectivity index (χ1) is 7.36. The Kier molecular flexibility index (Phi) is 4.62. The number of likely N-dealkylation sites (tertiary alicyclic amines) is 1. The number of piperidine rings is 1. The van der Waals surface area contributed by atoms with Crippen LogP contribution in [-0.2, 0) is 0 Å². The van der Waals surface area contributed by atoms with Crippen LogP contribution < -0.4 is 5.73 Å². The molecule has 0 aromatic heterocycles. The van der Waals surface area contributed by atoms with Gasteiger partial charge in [-0.15, -0.1) is 0 Å². The summed E-state index contributed by atoms with van der Waals surface area (Å²) in [6.45, 7) is 4.56. The summed E-state index contributed by atoms with van der Waals surface area (Å²) in [5.74, 6) is 0.582. The van der Waals surface area contributed by atoms with E-state index in [9.17, 15) is 13.2 Å². The zero-order valence-corrected chi connectivity index (χ0v) is 9.93. The molecule has 0 amide bonds. The van der Waals surface area contributed by atoms with Crippen LogP contribution in [0.25, 0.3) is 0 Å². The molecule has 2 nitrogen and oxygen atoms in total. The van der Waals surface area contributed by atoms with Gasteiger partial charge in [-0.2, -0.15) is 13.2 Å². The van der Waals surface area contributed by atoms with E-state index in [0.717, 1.165) is 19.3 Å². The van der Waals surface area contributed by atoms with Gasteiger partial charge in [0.05, 0.1) is 0 Å². The molecular weight excluding hydrogens is 217 g/mol. The molecule has 96 valence electrons. The van der Waals surface area contributed by atoms with Gasteiger partial charge in [0.25, 0.3) is 0 Å². The van der Waals surface area contributed by atoms with Gasteiger partial charge in [-0.1, -0.05) is 13.3 Å². The zero-order valence-electron chi connectivity index (χ0n) is 9.93. The highest BCUT2D eigenvalue weighted by atomic mass is 19.4. The predicted octanol–water partition coefficient (Wildman–Crippen LogP) is 2.39. The quantitative estimate of drug-likeness (QED) is 0.818. The molecule has 5 heteroatoms. The Labute approximate surface area is 95.0 Å². The van der Waals surface area contributed by atoms with E-state index in [-0.39, 0.29) is 0 Å². The summed E-state index contributed by atoms with van der Waals surface area (Å²) < 4.78 is 38.4. The maximum absolute atomic E-state index is 12.8. The van der Waals surface area contributed by atoms with Crippen molar-refractivity contribution in [1.29, 1.82) is 0 Å². The normalized spacial score (nSPS) is 24.4. The molecule has 2 unspecified atom stereocenters. The van der Waals surface area contributed by atoms with Crippen LogP contribution in [0.2, 0.25) is 0 Å². The first kappa shape index (κ1) is 13.8. The van der Waals surface area contributed by atoms with Crippen LogP contribution in [0.3, 0.4) is 0 Å². The Balaban J connectivity index is 2.61. The average Bonchev–Trinajstić information content (AvgIpc) is 2.16. The van der Waals surface area contributed by atoms with Crippen LogP contribution in [0.15, 0.2) is 0 Å². The van der Waals surface area contributed by atoms with Gasteiger partial charge in [0, 0.05) is 6.04 Å². The summed E-state index contributed by atoms with van der Waals surface area (Å²) in [4.78, 5) is 1.50. The lowest BCUT2D eigenvalue weighted by atomic mass is 9.92. The molecule has 1 rings (SSSR count). The monoisotopic (exact) mass is 238 g/mol. The molecule has 0 aromatic carbocycles. The summed E-state index contributed by atoms with van der Waals surface area (Å²) >= 11 is 0. The van der Waals surface area contributed by atoms with E-state index in [0.29, 0.717) is 19.0 Å². The van der Waals surface area contributed by atoms with E-state index in [1.807, 2.05) is 0 Å². The second-order valence-electron chi connectivity index (χ2n) is 4.73. The number of hydrogen-bond acceptors (Lipinski definition) is 2. The van der Waals surface area contributed by atoms with Gasteiger partial charge in [-0.05, 0) is 38.8 Å². The van der Waals surface area contributed by atoms with Crippen LogP contribution >= 0.6 is 0 Å². The predicted molar refractivity (Wildman–Crippen MR) is 58.1 cm³/mol. The lowest BCUT2D eigenvalue weighted by molar-refractivity contribution is -0.191. The number of hydrogen-bond donors (Lipinski definition) is 1. The lowest BCUT2D eigenvalue weighted by Gasteiger charge is -2.39. The Morgan fingerprint density at radius 2 is 1.81 bits per heavy atom. The summed E-state index contributed by atoms with van der Waals surface area (Å²) in [6.07, 6.45) is -1.44. The number of nitrogens with two attached hydrogens (primary N) is 1. The number of halogens is 3. The topological polar surface area (TPSA) is 29.3 Å². The van der Waals surface area contributed by atoms with E-state index in [4.69, 9.17) is 5.73 Å². The zero-order chi connectivity index (χ0) is 12.3. The van der Waals surface area contributed by atoms with E-state index < -0.39 is 18.3 Å². The van der Waals surface area contributed by atoms with Crippen molar-refractivity contribution >= 4 is 0 Å². The Bertz CT molecular complexity index is 208. The first-order valence-electron chi connectivity index (χ1n) is 5.92. The maximum Gasteiger partial charge on any atom is 0.405 e. The van der Waals surface area contributed by atoms with Crippen LogP contribution in [0, 0.1) is 5.92 Å². The fourth-order valence-electron chi connectivity index (χ4n) is 2.48. The van der Waals surface area contributed by atoms with Gasteiger partial charge < -0.3 is 5.73 Å². The molecule has 0 aromatic rings. The number of alkyl halides is 3. The Morgan fingerprint density at radius 1 is 1.31 bits per heavy atom. The van der Waals surface area contributed by atoms with E-state index in [1.165, 1.54) is 11.8 Å². The Morgan fingerprint density at radius 3 is 2.12 bits per heavy atom. The molecule has 2 atom stereocenters. The highest BCUT2D eigenvalue weighted by Gasteiger charge is 2.46. The van der Waals surface area contributed by atoms with Crippen molar-refractivity contribution in [2.24, 2.45) is 11.7 Å². The summed E-state index contributed by atoms with van der Waals surface area (Å²) in [7, 11) is 0. The third kappa shape index (κ3) is 3.35. The van der Waals surface area contributed by atoms with Crippen molar-refractivity contribution in [3.8, 4) is 0 Å². The fourth-order valence-corrected chi connectivity index (χ4v) is 2.48. The van der Waals surface area contributed by atoms with E-state index in [1.54, 1.807) is 0 Å². The molecule has 1 aliphatic rings. The molecule has 0 aliphatic carbocycles. The largest absolute Gasteiger partial charge is 0.405 e. The minimum absolute atomic E-state index is 0.518. The van der Waals surface area contributed by atoms with Gasteiger partial charge in [0.2, 0.25) is 0 Å². The van der Waals surface area contributed by atoms with Gasteiger partial charge in [0.15, 0.2) is 0 Å². The number of nitrogens with zero attached hydrogens (tertiary/aromatic N) is 1. The number of rotatable bonds is 3. The summed E-state index contributed by atoms with van der Waals surface area (Å²) in [5, 5.41) is 0. The second kappa shape index (κ2) is 5.36. The molecule has 2 N–H and O–H groups in total. The van der Waals surface area contributed by atoms with Gasteiger partial charge in [0.1, 0.15) is 6.04 Å². The standard InChI is InChI=1S/C11H21F3N2/c1-3-9-4-6-16(7-5-9)10(8(2)15)11(12,13)14/h8-10H,3-7,15H2,1-2H3. The fraction of sp³-hybridized carbons (Fsp3) is 1.00. The van der Waals surface area contributed by atoms with Crippen LogP contribution in [0.5, 0.6) is 0 Å². The molecule has 1 heterocycles. The highest BCUT2D eigenvalue weighted by Crippen LogP contribution is 2.30. The second-order valence-corrected chi connectivity index (χ2v) is 4.73. The molecule has 16 heavy (non-hydrogen) atoms. The highest BCUT2D eigenvalue weighted by molar-refractivity contribution is 4.88. The van der Waals surface area contributed by atoms with Crippen molar-refractivity contribution in [2.45, 2.75) is 51.4 Å². The summed E-state index contributed by atoms with van der Waals surface area (Å²) in [6, 6.07) is -2.34. The van der Waals surface area contributed by atoms with Gasteiger partial charge >= 0.3 is 6.18 Å². The minimum atomic E-state index is -4.22. The maximum atomic E-state index is 12.8. The molecule has 1 saturated heterocycles. The van der Waals surface area contributed by atoms with Crippen molar-refractivity contribution < 1.29 is 13.2 Å². The molecular formula is C11H21F3N2. The smallest absolute Gasteiger partial charge is 0.326 e. The summed E-state index contributed by atoms with van der Waals surface area (Å²) in [5.41, 5.74) is 5.46. The first-order valence-corrected chi connectivity index (χ1v) is 5.92. The molecule has 0 spiro atoms. The average molecular weight is 238 g/mol. The lowest BCUT2D eigenvalue weighted by Crippen LogP contribution is -2.56. The van der Waals surface area contributed by atoms with Crippen molar-refractivity contribution in [3.05, 3.63) is 0 Å². The van der Waals surface area contributed by atoms with E-state index in [2.05, 4.69) is 6.92 Å². The van der Waals surface area contributed by atoms with E-state index >= 15 is 0 Å².